The van der Waals surface area contributed by atoms with Crippen molar-refractivity contribution in [2.24, 2.45) is 0 Å². The van der Waals surface area contributed by atoms with Crippen LogP contribution in [0.1, 0.15) is 39.4 Å². The molecule has 154 valence electrons. The molecule has 1 unspecified atom stereocenters. The summed E-state index contributed by atoms with van der Waals surface area (Å²) in [7, 11) is 3.50. The SMILES string of the molecule is COC(=O)c1ccncc1NCC1CCc2cc(N(C)c3ccc(C)cc3)ccc21. The number of nitrogens with zero attached hydrogens (tertiary/aromatic N) is 2. The number of nitrogens with one attached hydrogen (secondary N) is 1. The highest BCUT2D eigenvalue weighted by Crippen LogP contribution is 2.37. The maximum atomic E-state index is 12.0. The second kappa shape index (κ2) is 8.57. The van der Waals surface area contributed by atoms with Crippen molar-refractivity contribution in [3.63, 3.8) is 0 Å². The van der Waals surface area contributed by atoms with E-state index in [-0.39, 0.29) is 5.97 Å². The van der Waals surface area contributed by atoms with Crippen molar-refractivity contribution in [3.05, 3.63) is 83.2 Å². The summed E-state index contributed by atoms with van der Waals surface area (Å²) in [6.45, 7) is 2.86. The first kappa shape index (κ1) is 20.0. The molecule has 1 aliphatic carbocycles. The number of carbonyl (C=O) groups is 1. The molecule has 1 aromatic heterocycles. The van der Waals surface area contributed by atoms with Crippen molar-refractivity contribution in [3.8, 4) is 0 Å². The van der Waals surface area contributed by atoms with Gasteiger partial charge in [-0.15, -0.1) is 0 Å². The molecule has 2 aromatic carbocycles. The van der Waals surface area contributed by atoms with Crippen LogP contribution in [0.15, 0.2) is 60.9 Å². The van der Waals surface area contributed by atoms with E-state index >= 15 is 0 Å². The highest BCUT2D eigenvalue weighted by atomic mass is 16.5. The monoisotopic (exact) mass is 401 g/mol. The normalized spacial score (nSPS) is 14.8. The molecule has 3 aromatic rings. The molecule has 5 heteroatoms. The number of aryl methyl sites for hydroxylation is 2. The van der Waals surface area contributed by atoms with Crippen molar-refractivity contribution in [1.82, 2.24) is 4.98 Å². The van der Waals surface area contributed by atoms with Gasteiger partial charge in [0.15, 0.2) is 0 Å². The fraction of sp³-hybridized carbons (Fsp3) is 0.280. The molecule has 0 amide bonds. The maximum Gasteiger partial charge on any atom is 0.340 e. The predicted molar refractivity (Wildman–Crippen MR) is 121 cm³/mol. The van der Waals surface area contributed by atoms with E-state index in [1.807, 2.05) is 0 Å². The van der Waals surface area contributed by atoms with Crippen LogP contribution < -0.4 is 10.2 Å². The Morgan fingerprint density at radius 3 is 2.70 bits per heavy atom. The second-order valence-corrected chi connectivity index (χ2v) is 7.81. The van der Waals surface area contributed by atoms with Gasteiger partial charge in [0.05, 0.1) is 24.6 Å². The van der Waals surface area contributed by atoms with Crippen LogP contribution in [0.25, 0.3) is 0 Å². The zero-order valence-corrected chi connectivity index (χ0v) is 17.7. The third-order valence-corrected chi connectivity index (χ3v) is 5.90. The standard InChI is InChI=1S/C25H27N3O2/c1-17-4-8-20(9-5-17)28(2)21-10-11-22-18(14-21)6-7-19(22)15-27-24-16-26-13-12-23(24)25(29)30-3/h4-5,8-14,16,19,27H,6-7,15H2,1-3H3. The Hall–Kier alpha value is -3.34. The van der Waals surface area contributed by atoms with Crippen molar-refractivity contribution in [2.45, 2.75) is 25.7 Å². The summed E-state index contributed by atoms with van der Waals surface area (Å²) in [6.07, 6.45) is 5.44. The fourth-order valence-electron chi connectivity index (χ4n) is 4.09. The van der Waals surface area contributed by atoms with Gasteiger partial charge in [0.1, 0.15) is 0 Å². The lowest BCUT2D eigenvalue weighted by Gasteiger charge is -2.21. The van der Waals surface area contributed by atoms with Gasteiger partial charge in [-0.05, 0) is 61.2 Å². The van der Waals surface area contributed by atoms with Crippen LogP contribution in [-0.2, 0) is 11.2 Å². The lowest BCUT2D eigenvalue weighted by atomic mass is 10.0. The molecule has 0 bridgehead atoms. The van der Waals surface area contributed by atoms with E-state index in [0.717, 1.165) is 19.4 Å². The molecule has 0 radical (unpaired) electrons. The number of pyridine rings is 1. The lowest BCUT2D eigenvalue weighted by molar-refractivity contribution is 0.0601. The number of benzene rings is 2. The quantitative estimate of drug-likeness (QED) is 0.583. The van der Waals surface area contributed by atoms with Gasteiger partial charge in [0.25, 0.3) is 0 Å². The number of hydrogen-bond donors (Lipinski definition) is 1. The average molecular weight is 402 g/mol. The number of fused-ring (bicyclic) bond motifs is 1. The summed E-state index contributed by atoms with van der Waals surface area (Å²) in [5.74, 6) is 0.0555. The van der Waals surface area contributed by atoms with E-state index < -0.39 is 0 Å². The van der Waals surface area contributed by atoms with Gasteiger partial charge in [0, 0.05) is 37.1 Å². The fourth-order valence-corrected chi connectivity index (χ4v) is 4.09. The van der Waals surface area contributed by atoms with E-state index in [9.17, 15) is 4.79 Å². The second-order valence-electron chi connectivity index (χ2n) is 7.81. The Bertz CT molecular complexity index is 1050. The number of ether oxygens (including phenoxy) is 1. The molecule has 30 heavy (non-hydrogen) atoms. The molecule has 1 N–H and O–H groups in total. The minimum atomic E-state index is -0.351. The van der Waals surface area contributed by atoms with E-state index in [1.165, 1.54) is 35.2 Å². The van der Waals surface area contributed by atoms with E-state index in [2.05, 4.69) is 71.6 Å². The Kier molecular flexibility index (Phi) is 5.70. The molecule has 4 rings (SSSR count). The van der Waals surface area contributed by atoms with Crippen molar-refractivity contribution >= 4 is 23.0 Å². The zero-order chi connectivity index (χ0) is 21.1. The predicted octanol–water partition coefficient (Wildman–Crippen LogP) is 5.09. The van der Waals surface area contributed by atoms with Gasteiger partial charge in [-0.2, -0.15) is 0 Å². The smallest absolute Gasteiger partial charge is 0.340 e. The molecule has 5 nitrogen and oxygen atoms in total. The molecule has 0 fully saturated rings. The van der Waals surface area contributed by atoms with Crippen molar-refractivity contribution < 1.29 is 9.53 Å². The Balaban J connectivity index is 1.48. The summed E-state index contributed by atoms with van der Waals surface area (Å²) in [4.78, 5) is 18.3. The van der Waals surface area contributed by atoms with Crippen molar-refractivity contribution in [1.29, 1.82) is 0 Å². The minimum absolute atomic E-state index is 0.351. The minimum Gasteiger partial charge on any atom is -0.465 e. The highest BCUT2D eigenvalue weighted by molar-refractivity contribution is 5.95. The molecule has 1 atom stereocenters. The molecular weight excluding hydrogens is 374 g/mol. The summed E-state index contributed by atoms with van der Waals surface area (Å²) in [6, 6.07) is 17.0. The molecular formula is C25H27N3O2. The number of hydrogen-bond acceptors (Lipinski definition) is 5. The number of rotatable bonds is 6. The van der Waals surface area contributed by atoms with Gasteiger partial charge in [-0.1, -0.05) is 23.8 Å². The van der Waals surface area contributed by atoms with Crippen LogP contribution in [0.2, 0.25) is 0 Å². The van der Waals surface area contributed by atoms with Crippen LogP contribution in [0.4, 0.5) is 17.1 Å². The van der Waals surface area contributed by atoms with Crippen LogP contribution in [-0.4, -0.2) is 31.7 Å². The Morgan fingerprint density at radius 1 is 1.17 bits per heavy atom. The van der Waals surface area contributed by atoms with Gasteiger partial charge in [0.2, 0.25) is 0 Å². The Labute approximate surface area is 177 Å². The Morgan fingerprint density at radius 2 is 1.93 bits per heavy atom. The first-order valence-electron chi connectivity index (χ1n) is 10.3. The molecule has 1 aliphatic rings. The number of carbonyl (C=O) groups excluding carboxylic acids is 1. The largest absolute Gasteiger partial charge is 0.465 e. The molecule has 0 spiro atoms. The molecule has 0 saturated carbocycles. The van der Waals surface area contributed by atoms with E-state index in [4.69, 9.17) is 4.74 Å². The summed E-state index contributed by atoms with van der Waals surface area (Å²) in [5, 5.41) is 3.41. The van der Waals surface area contributed by atoms with Crippen LogP contribution in [0.3, 0.4) is 0 Å². The number of esters is 1. The maximum absolute atomic E-state index is 12.0. The first-order chi connectivity index (χ1) is 14.6. The average Bonchev–Trinajstić information content (AvgIpc) is 3.19. The summed E-state index contributed by atoms with van der Waals surface area (Å²) < 4.78 is 4.87. The lowest BCUT2D eigenvalue weighted by Crippen LogP contribution is -2.14. The van der Waals surface area contributed by atoms with Crippen LogP contribution in [0, 0.1) is 6.92 Å². The summed E-state index contributed by atoms with van der Waals surface area (Å²) in [5.41, 5.74) is 7.66. The van der Waals surface area contributed by atoms with Crippen molar-refractivity contribution in [2.75, 3.05) is 30.9 Å². The van der Waals surface area contributed by atoms with Gasteiger partial charge in [-0.25, -0.2) is 4.79 Å². The molecule has 0 aliphatic heterocycles. The summed E-state index contributed by atoms with van der Waals surface area (Å²) >= 11 is 0. The zero-order valence-electron chi connectivity index (χ0n) is 17.7. The van der Waals surface area contributed by atoms with Gasteiger partial charge >= 0.3 is 5.97 Å². The molecule has 0 saturated heterocycles. The van der Waals surface area contributed by atoms with Gasteiger partial charge < -0.3 is 15.0 Å². The number of anilines is 3. The van der Waals surface area contributed by atoms with Crippen LogP contribution in [0.5, 0.6) is 0 Å². The number of methoxy groups -OCH3 is 1. The van der Waals surface area contributed by atoms with Gasteiger partial charge in [-0.3, -0.25) is 4.98 Å². The topological polar surface area (TPSA) is 54.5 Å². The van der Waals surface area contributed by atoms with E-state index in [0.29, 0.717) is 17.2 Å². The van der Waals surface area contributed by atoms with Crippen LogP contribution >= 0.6 is 0 Å². The third-order valence-electron chi connectivity index (χ3n) is 5.90. The first-order valence-corrected chi connectivity index (χ1v) is 10.3. The van der Waals surface area contributed by atoms with E-state index in [1.54, 1.807) is 18.5 Å². The number of aromatic nitrogens is 1. The molecule has 1 heterocycles. The highest BCUT2D eigenvalue weighted by Gasteiger charge is 2.24. The third kappa shape index (κ3) is 4.01.